The highest BCUT2D eigenvalue weighted by molar-refractivity contribution is 5.28. The third kappa shape index (κ3) is 2.95. The smallest absolute Gasteiger partial charge is 0.391 e. The van der Waals surface area contributed by atoms with Crippen molar-refractivity contribution < 1.29 is 18.3 Å². The quantitative estimate of drug-likeness (QED) is 0.925. The molecular weight excluding hydrogens is 281 g/mol. The van der Waals surface area contributed by atoms with Gasteiger partial charge in [-0.15, -0.1) is 0 Å². The molecule has 3 nitrogen and oxygen atoms in total. The van der Waals surface area contributed by atoms with E-state index in [1.54, 1.807) is 12.3 Å². The highest BCUT2D eigenvalue weighted by Gasteiger charge is 2.30. The first kappa shape index (κ1) is 14.1. The fourth-order valence-corrected chi connectivity index (χ4v) is 2.67. The number of halogens is 3. The summed E-state index contributed by atoms with van der Waals surface area (Å²) in [6.45, 7) is 0.462. The first-order chi connectivity index (χ1) is 9.93. The van der Waals surface area contributed by atoms with E-state index < -0.39 is 17.8 Å². The van der Waals surface area contributed by atoms with Crippen LogP contribution in [0, 0.1) is 0 Å². The van der Waals surface area contributed by atoms with E-state index in [2.05, 4.69) is 4.98 Å². The Morgan fingerprint density at radius 2 is 2.14 bits per heavy atom. The number of hydrogen-bond donors (Lipinski definition) is 1. The van der Waals surface area contributed by atoms with Crippen LogP contribution in [0.4, 0.5) is 13.2 Å². The van der Waals surface area contributed by atoms with Crippen molar-refractivity contribution in [2.45, 2.75) is 38.1 Å². The summed E-state index contributed by atoms with van der Waals surface area (Å²) >= 11 is 0. The Morgan fingerprint density at radius 3 is 2.90 bits per heavy atom. The Morgan fingerprint density at radius 1 is 1.33 bits per heavy atom. The number of aryl methyl sites for hydroxylation is 1. The molecule has 0 radical (unpaired) electrons. The maximum atomic E-state index is 12.7. The standard InChI is InChI=1S/C15H15F3N2O/c16-15(17,18)11-3-1-2-10(6-11)7-14-19-8-12-4-5-13(21)9-20(12)14/h1-3,6,8,13,21H,4-5,7,9H2. The van der Waals surface area contributed by atoms with Gasteiger partial charge in [-0.3, -0.25) is 0 Å². The van der Waals surface area contributed by atoms with Gasteiger partial charge < -0.3 is 9.67 Å². The van der Waals surface area contributed by atoms with Gasteiger partial charge in [-0.2, -0.15) is 13.2 Å². The number of aromatic nitrogens is 2. The topological polar surface area (TPSA) is 38.1 Å². The average Bonchev–Trinajstić information content (AvgIpc) is 2.81. The van der Waals surface area contributed by atoms with Gasteiger partial charge in [-0.05, 0) is 24.5 Å². The SMILES string of the molecule is OC1CCc2cnc(Cc3cccc(C(F)(F)F)c3)n2C1. The molecule has 3 rings (SSSR count). The summed E-state index contributed by atoms with van der Waals surface area (Å²) in [5.74, 6) is 0.697. The lowest BCUT2D eigenvalue weighted by Crippen LogP contribution is -2.25. The Labute approximate surface area is 120 Å². The summed E-state index contributed by atoms with van der Waals surface area (Å²) in [5.41, 5.74) is 0.950. The number of hydrogen-bond acceptors (Lipinski definition) is 2. The molecule has 0 saturated carbocycles. The van der Waals surface area contributed by atoms with Gasteiger partial charge in [0, 0.05) is 18.3 Å². The zero-order valence-electron chi connectivity index (χ0n) is 11.3. The van der Waals surface area contributed by atoms with Crippen molar-refractivity contribution in [2.24, 2.45) is 0 Å². The molecular formula is C15H15F3N2O. The van der Waals surface area contributed by atoms with E-state index in [1.165, 1.54) is 6.07 Å². The van der Waals surface area contributed by atoms with Crippen LogP contribution in [0.1, 0.15) is 29.1 Å². The summed E-state index contributed by atoms with van der Waals surface area (Å²) in [6, 6.07) is 5.29. The molecule has 0 amide bonds. The van der Waals surface area contributed by atoms with Crippen molar-refractivity contribution >= 4 is 0 Å². The third-order valence-electron chi connectivity index (χ3n) is 3.76. The first-order valence-corrected chi connectivity index (χ1v) is 6.81. The number of alkyl halides is 3. The minimum absolute atomic E-state index is 0.330. The van der Waals surface area contributed by atoms with E-state index in [9.17, 15) is 18.3 Å². The molecule has 1 aliphatic rings. The van der Waals surface area contributed by atoms with E-state index in [0.29, 0.717) is 30.8 Å². The maximum absolute atomic E-state index is 12.7. The molecule has 1 atom stereocenters. The number of fused-ring (bicyclic) bond motifs is 1. The Kier molecular flexibility index (Phi) is 3.49. The molecule has 0 spiro atoms. The van der Waals surface area contributed by atoms with Crippen LogP contribution in [0.25, 0.3) is 0 Å². The monoisotopic (exact) mass is 296 g/mol. The van der Waals surface area contributed by atoms with E-state index >= 15 is 0 Å². The van der Waals surface area contributed by atoms with E-state index in [4.69, 9.17) is 0 Å². The number of aliphatic hydroxyl groups is 1. The minimum Gasteiger partial charge on any atom is -0.391 e. The summed E-state index contributed by atoms with van der Waals surface area (Å²) in [7, 11) is 0. The molecule has 1 aromatic heterocycles. The number of imidazole rings is 1. The molecule has 2 aromatic rings. The predicted molar refractivity (Wildman–Crippen MR) is 70.8 cm³/mol. The van der Waals surface area contributed by atoms with Gasteiger partial charge in [0.15, 0.2) is 0 Å². The molecule has 0 aliphatic carbocycles. The molecule has 0 bridgehead atoms. The van der Waals surface area contributed by atoms with Crippen molar-refractivity contribution in [2.75, 3.05) is 0 Å². The molecule has 2 heterocycles. The third-order valence-corrected chi connectivity index (χ3v) is 3.76. The van der Waals surface area contributed by atoms with Gasteiger partial charge in [-0.25, -0.2) is 4.98 Å². The summed E-state index contributed by atoms with van der Waals surface area (Å²) in [4.78, 5) is 4.29. The van der Waals surface area contributed by atoms with E-state index in [1.807, 2.05) is 4.57 Å². The summed E-state index contributed by atoms with van der Waals surface area (Å²) in [6.07, 6.45) is -1.22. The Balaban J connectivity index is 1.86. The van der Waals surface area contributed by atoms with Crippen LogP contribution in [0.2, 0.25) is 0 Å². The largest absolute Gasteiger partial charge is 0.416 e. The van der Waals surface area contributed by atoms with Gasteiger partial charge in [-0.1, -0.05) is 18.2 Å². The van der Waals surface area contributed by atoms with Crippen LogP contribution >= 0.6 is 0 Å². The number of benzene rings is 1. The predicted octanol–water partition coefficient (Wildman–Crippen LogP) is 2.80. The van der Waals surface area contributed by atoms with Gasteiger partial charge in [0.2, 0.25) is 0 Å². The molecule has 1 aromatic carbocycles. The second-order valence-electron chi connectivity index (χ2n) is 5.34. The van der Waals surface area contributed by atoms with Gasteiger partial charge in [0.05, 0.1) is 18.2 Å². The van der Waals surface area contributed by atoms with Gasteiger partial charge in [0.25, 0.3) is 0 Å². The summed E-state index contributed by atoms with van der Waals surface area (Å²) < 4.78 is 40.1. The molecule has 1 unspecified atom stereocenters. The molecule has 1 N–H and O–H groups in total. The maximum Gasteiger partial charge on any atom is 0.416 e. The summed E-state index contributed by atoms with van der Waals surface area (Å²) in [5, 5.41) is 9.72. The van der Waals surface area contributed by atoms with Gasteiger partial charge >= 0.3 is 6.18 Å². The average molecular weight is 296 g/mol. The molecule has 0 saturated heterocycles. The molecule has 6 heteroatoms. The second-order valence-corrected chi connectivity index (χ2v) is 5.34. The molecule has 21 heavy (non-hydrogen) atoms. The van der Waals surface area contributed by atoms with Crippen molar-refractivity contribution in [3.63, 3.8) is 0 Å². The zero-order chi connectivity index (χ0) is 15.0. The lowest BCUT2D eigenvalue weighted by molar-refractivity contribution is -0.137. The zero-order valence-corrected chi connectivity index (χ0v) is 11.3. The highest BCUT2D eigenvalue weighted by Crippen LogP contribution is 2.30. The van der Waals surface area contributed by atoms with Crippen LogP contribution in [0.3, 0.4) is 0 Å². The van der Waals surface area contributed by atoms with Crippen LogP contribution < -0.4 is 0 Å². The lowest BCUT2D eigenvalue weighted by atomic mass is 10.1. The van der Waals surface area contributed by atoms with Crippen LogP contribution in [-0.4, -0.2) is 20.8 Å². The Bertz CT molecular complexity index is 649. The fraction of sp³-hybridized carbons (Fsp3) is 0.400. The van der Waals surface area contributed by atoms with E-state index in [-0.39, 0.29) is 0 Å². The molecule has 112 valence electrons. The number of aliphatic hydroxyl groups excluding tert-OH is 1. The van der Waals surface area contributed by atoms with Crippen molar-refractivity contribution in [1.29, 1.82) is 0 Å². The first-order valence-electron chi connectivity index (χ1n) is 6.81. The molecule has 1 aliphatic heterocycles. The lowest BCUT2D eigenvalue weighted by Gasteiger charge is -2.21. The highest BCUT2D eigenvalue weighted by atomic mass is 19.4. The van der Waals surface area contributed by atoms with Crippen molar-refractivity contribution in [3.05, 3.63) is 53.1 Å². The van der Waals surface area contributed by atoms with E-state index in [0.717, 1.165) is 24.2 Å². The van der Waals surface area contributed by atoms with Crippen LogP contribution in [-0.2, 0) is 25.6 Å². The van der Waals surface area contributed by atoms with Crippen molar-refractivity contribution in [1.82, 2.24) is 9.55 Å². The number of nitrogens with zero attached hydrogens (tertiary/aromatic N) is 2. The number of rotatable bonds is 2. The molecule has 0 fully saturated rings. The normalized spacial score (nSPS) is 18.6. The van der Waals surface area contributed by atoms with Gasteiger partial charge in [0.1, 0.15) is 5.82 Å². The van der Waals surface area contributed by atoms with Crippen LogP contribution in [0.5, 0.6) is 0 Å². The minimum atomic E-state index is -4.34. The fourth-order valence-electron chi connectivity index (χ4n) is 2.67. The second kappa shape index (κ2) is 5.18. The Hall–Kier alpha value is -1.82. The van der Waals surface area contributed by atoms with Crippen LogP contribution in [0.15, 0.2) is 30.5 Å². The van der Waals surface area contributed by atoms with Crippen molar-refractivity contribution in [3.8, 4) is 0 Å².